The summed E-state index contributed by atoms with van der Waals surface area (Å²) in [7, 11) is 0. The number of hydrogen-bond acceptors (Lipinski definition) is 3. The largest absolute Gasteiger partial charge is 0.365 e. The predicted octanol–water partition coefficient (Wildman–Crippen LogP) is 7.22. The molecule has 1 aromatic rings. The smallest absolute Gasteiger partial charge is 0.319 e. The summed E-state index contributed by atoms with van der Waals surface area (Å²) in [6.45, 7) is 13.1. The number of carbonyl (C=O) groups excluding carboxylic acids is 1. The number of urea groups is 1. The third-order valence-corrected chi connectivity index (χ3v) is 12.5. The summed E-state index contributed by atoms with van der Waals surface area (Å²) >= 11 is 0. The van der Waals surface area contributed by atoms with E-state index in [0.717, 1.165) is 62.1 Å². The molecule has 3 saturated carbocycles. The minimum atomic E-state index is -0.158. The molecule has 216 valence electrons. The van der Waals surface area contributed by atoms with Crippen LogP contribution in [0.1, 0.15) is 85.0 Å². The van der Waals surface area contributed by atoms with E-state index in [-0.39, 0.29) is 17.7 Å². The van der Waals surface area contributed by atoms with Gasteiger partial charge >= 0.3 is 6.03 Å². The first-order valence-electron chi connectivity index (χ1n) is 16.2. The van der Waals surface area contributed by atoms with Gasteiger partial charge in [-0.15, -0.1) is 0 Å². The van der Waals surface area contributed by atoms with Gasteiger partial charge in [-0.3, -0.25) is 0 Å². The van der Waals surface area contributed by atoms with Crippen LogP contribution >= 0.6 is 0 Å². The molecule has 3 unspecified atom stereocenters. The first kappa shape index (κ1) is 26.8. The van der Waals surface area contributed by atoms with Gasteiger partial charge in [-0.2, -0.15) is 0 Å². The lowest BCUT2D eigenvalue weighted by Gasteiger charge is -2.54. The van der Waals surface area contributed by atoms with Gasteiger partial charge in [0.2, 0.25) is 0 Å². The van der Waals surface area contributed by atoms with Crippen LogP contribution in [0.15, 0.2) is 53.6 Å². The number of para-hydroxylation sites is 1. The number of rotatable bonds is 2. The topological polar surface area (TPSA) is 62.4 Å². The first-order valence-corrected chi connectivity index (χ1v) is 16.2. The van der Waals surface area contributed by atoms with Gasteiger partial charge in [-0.25, -0.2) is 4.79 Å². The Kier molecular flexibility index (Phi) is 6.70. The van der Waals surface area contributed by atoms with Gasteiger partial charge in [-0.05, 0) is 124 Å². The van der Waals surface area contributed by atoms with Gasteiger partial charge in [0.1, 0.15) is 0 Å². The number of fused-ring (bicyclic) bond motifs is 6. The molecule has 3 N–H and O–H groups in total. The van der Waals surface area contributed by atoms with Gasteiger partial charge in [-0.1, -0.05) is 49.8 Å². The molecule has 1 spiro atoms. The number of hydrogen-bond donors (Lipinski definition) is 3. The molecule has 2 heterocycles. The van der Waals surface area contributed by atoms with E-state index in [1.807, 2.05) is 30.3 Å². The van der Waals surface area contributed by atoms with Crippen molar-refractivity contribution in [2.24, 2.45) is 35.0 Å². The molecular formula is C35H49N3O2. The highest BCUT2D eigenvalue weighted by Gasteiger charge is 2.58. The second-order valence-electron chi connectivity index (χ2n) is 14.7. The summed E-state index contributed by atoms with van der Waals surface area (Å²) in [5, 5.41) is 10.1. The van der Waals surface area contributed by atoms with Crippen LogP contribution in [0.2, 0.25) is 0 Å². The van der Waals surface area contributed by atoms with Crippen LogP contribution in [0.3, 0.4) is 0 Å². The minimum Gasteiger partial charge on any atom is -0.365 e. The van der Waals surface area contributed by atoms with Gasteiger partial charge < -0.3 is 20.7 Å². The first-order chi connectivity index (χ1) is 19.3. The fourth-order valence-electron chi connectivity index (χ4n) is 10.4. The molecule has 5 fully saturated rings. The zero-order valence-electron chi connectivity index (χ0n) is 24.8. The number of carbonyl (C=O) groups is 1. The van der Waals surface area contributed by atoms with Gasteiger partial charge in [0.25, 0.3) is 0 Å². The van der Waals surface area contributed by atoms with Crippen molar-refractivity contribution >= 4 is 11.7 Å². The second kappa shape index (κ2) is 10.0. The molecular weight excluding hydrogens is 494 g/mol. The number of amides is 2. The zero-order valence-corrected chi connectivity index (χ0v) is 24.8. The third kappa shape index (κ3) is 4.38. The average Bonchev–Trinajstić information content (AvgIpc) is 3.39. The molecule has 40 heavy (non-hydrogen) atoms. The Morgan fingerprint density at radius 3 is 2.75 bits per heavy atom. The summed E-state index contributed by atoms with van der Waals surface area (Å²) in [4.78, 5) is 12.7. The highest BCUT2D eigenvalue weighted by atomic mass is 16.5. The lowest BCUT2D eigenvalue weighted by atomic mass is 9.52. The van der Waals surface area contributed by atoms with Crippen molar-refractivity contribution in [1.82, 2.24) is 10.6 Å². The van der Waals surface area contributed by atoms with Gasteiger partial charge in [0.05, 0.1) is 17.7 Å². The fourth-order valence-corrected chi connectivity index (χ4v) is 10.4. The van der Waals surface area contributed by atoms with Crippen molar-refractivity contribution in [3.05, 3.63) is 53.6 Å². The van der Waals surface area contributed by atoms with Gasteiger partial charge in [0, 0.05) is 18.2 Å². The van der Waals surface area contributed by atoms with Crippen LogP contribution in [-0.4, -0.2) is 36.4 Å². The molecule has 6 aliphatic rings. The number of benzene rings is 1. The molecule has 4 aliphatic carbocycles. The average molecular weight is 544 g/mol. The molecule has 1 aromatic carbocycles. The molecule has 0 bridgehead atoms. The Morgan fingerprint density at radius 1 is 1.10 bits per heavy atom. The van der Waals surface area contributed by atoms with Crippen molar-refractivity contribution in [3.63, 3.8) is 0 Å². The molecule has 5 nitrogen and oxygen atoms in total. The number of ether oxygens (including phenoxy) is 1. The molecule has 0 aromatic heterocycles. The van der Waals surface area contributed by atoms with Crippen molar-refractivity contribution in [3.8, 4) is 0 Å². The summed E-state index contributed by atoms with van der Waals surface area (Å²) in [6.07, 6.45) is 12.3. The molecule has 0 radical (unpaired) electrons. The molecule has 2 aliphatic heterocycles. The minimum absolute atomic E-state index is 0.0634. The van der Waals surface area contributed by atoms with Crippen LogP contribution in [-0.2, 0) is 4.74 Å². The van der Waals surface area contributed by atoms with E-state index >= 15 is 0 Å². The van der Waals surface area contributed by atoms with E-state index in [0.29, 0.717) is 29.4 Å². The lowest BCUT2D eigenvalue weighted by Crippen LogP contribution is -2.51. The van der Waals surface area contributed by atoms with E-state index in [4.69, 9.17) is 4.74 Å². The normalized spacial score (nSPS) is 44.3. The maximum Gasteiger partial charge on any atom is 0.319 e. The summed E-state index contributed by atoms with van der Waals surface area (Å²) in [6, 6.07) is 10.3. The molecule has 2 amide bonds. The van der Waals surface area contributed by atoms with E-state index in [1.165, 1.54) is 37.7 Å². The number of piperidine rings is 1. The molecule has 2 saturated heterocycles. The van der Waals surface area contributed by atoms with Crippen LogP contribution < -0.4 is 16.0 Å². The van der Waals surface area contributed by atoms with E-state index in [1.54, 1.807) is 11.1 Å². The molecule has 10 atom stereocenters. The molecule has 7 rings (SSSR count). The number of nitrogens with one attached hydrogen (secondary N) is 3. The SMILES string of the molecule is C=C1[C@@H]2NC[C@@H](C)C[C@H]2OC12CCC1C(=C(C)C2)C[C@H]2C1CC[C@@H]1C[C@@H](NC(=O)Nc3ccccc3)CC[C@@]12C. The Labute approximate surface area is 241 Å². The van der Waals surface area contributed by atoms with Crippen molar-refractivity contribution in [1.29, 1.82) is 0 Å². The third-order valence-electron chi connectivity index (χ3n) is 12.5. The Balaban J connectivity index is 1.04. The Morgan fingerprint density at radius 2 is 1.93 bits per heavy atom. The van der Waals surface area contributed by atoms with Crippen molar-refractivity contribution in [2.75, 3.05) is 11.9 Å². The fraction of sp³-hybridized carbons (Fsp3) is 0.686. The van der Waals surface area contributed by atoms with Crippen LogP contribution in [0.25, 0.3) is 0 Å². The highest BCUT2D eigenvalue weighted by Crippen LogP contribution is 2.65. The summed E-state index contributed by atoms with van der Waals surface area (Å²) in [5.74, 6) is 3.69. The van der Waals surface area contributed by atoms with Crippen molar-refractivity contribution in [2.45, 2.75) is 109 Å². The number of allylic oxidation sites excluding steroid dienone is 1. The Hall–Kier alpha value is -2.11. The van der Waals surface area contributed by atoms with E-state index in [9.17, 15) is 4.79 Å². The maximum atomic E-state index is 12.7. The molecule has 5 heteroatoms. The standard InChI is InChI=1S/C35H49N3O2/c1-21-16-31-32(36-20-21)23(3)35(40-31)15-13-27-28-11-10-24-17-26(38-33(39)37-25-8-6-5-7-9-25)12-14-34(24,4)30(28)18-29(27)22(2)19-35/h5-9,21,24,26-28,30-32,36H,3,10-20H2,1-2,4H3,(H2,37,38,39)/t21-,24+,26-,27?,28?,30-,31+,32-,34-,35?/m0/s1. The number of anilines is 1. The van der Waals surface area contributed by atoms with Gasteiger partial charge in [0.15, 0.2) is 0 Å². The second-order valence-corrected chi connectivity index (χ2v) is 14.7. The van der Waals surface area contributed by atoms with Crippen LogP contribution in [0.4, 0.5) is 10.5 Å². The lowest BCUT2D eigenvalue weighted by molar-refractivity contribution is -0.0571. The summed E-state index contributed by atoms with van der Waals surface area (Å²) in [5.41, 5.74) is 5.80. The summed E-state index contributed by atoms with van der Waals surface area (Å²) < 4.78 is 6.98. The monoisotopic (exact) mass is 543 g/mol. The van der Waals surface area contributed by atoms with Crippen LogP contribution in [0.5, 0.6) is 0 Å². The maximum absolute atomic E-state index is 12.7. The highest BCUT2D eigenvalue weighted by molar-refractivity contribution is 5.89. The predicted molar refractivity (Wildman–Crippen MR) is 161 cm³/mol. The Bertz CT molecular complexity index is 1190. The van der Waals surface area contributed by atoms with Crippen molar-refractivity contribution < 1.29 is 9.53 Å². The van der Waals surface area contributed by atoms with E-state index in [2.05, 4.69) is 43.3 Å². The van der Waals surface area contributed by atoms with E-state index < -0.39 is 0 Å². The zero-order chi connectivity index (χ0) is 27.6. The van der Waals surface area contributed by atoms with Crippen LogP contribution in [0, 0.1) is 35.0 Å². The quantitative estimate of drug-likeness (QED) is 0.345.